The standard InChI is InChI=1S/C7H13NO.C5H13NO/c1-3-4-5-6(2)7(8)9;1-4-5(7)6(2)3/h5H,3-4H2,1-2H3,(H2,8,9);5,7H,4H2,1-3H3. The average Bonchev–Trinajstić information content (AvgIpc) is 2.25. The quantitative estimate of drug-likeness (QED) is 0.555. The first-order valence-corrected chi connectivity index (χ1v) is 5.67. The molecule has 0 saturated carbocycles. The molecule has 4 nitrogen and oxygen atoms in total. The zero-order valence-electron chi connectivity index (χ0n) is 11.2. The van der Waals surface area contributed by atoms with Gasteiger partial charge in [0.15, 0.2) is 0 Å². The first kappa shape index (κ1) is 17.5. The Kier molecular flexibility index (Phi) is 11.7. The van der Waals surface area contributed by atoms with E-state index >= 15 is 0 Å². The second-order valence-corrected chi connectivity index (χ2v) is 3.89. The molecule has 0 spiro atoms. The fraction of sp³-hybridized carbons (Fsp3) is 0.750. The fourth-order valence-electron chi connectivity index (χ4n) is 0.827. The Morgan fingerprint density at radius 2 is 1.94 bits per heavy atom. The van der Waals surface area contributed by atoms with Gasteiger partial charge in [0, 0.05) is 5.57 Å². The molecule has 1 amide bonds. The zero-order valence-corrected chi connectivity index (χ0v) is 11.2. The third-order valence-corrected chi connectivity index (χ3v) is 2.09. The van der Waals surface area contributed by atoms with Crippen LogP contribution in [0.1, 0.15) is 40.0 Å². The van der Waals surface area contributed by atoms with Crippen molar-refractivity contribution in [2.75, 3.05) is 14.1 Å². The lowest BCUT2D eigenvalue weighted by atomic mass is 10.2. The topological polar surface area (TPSA) is 66.6 Å². The summed E-state index contributed by atoms with van der Waals surface area (Å²) < 4.78 is 0. The van der Waals surface area contributed by atoms with E-state index in [0.717, 1.165) is 19.3 Å². The summed E-state index contributed by atoms with van der Waals surface area (Å²) in [5.41, 5.74) is 5.63. The summed E-state index contributed by atoms with van der Waals surface area (Å²) in [4.78, 5) is 12.1. The Bertz CT molecular complexity index is 213. The third kappa shape index (κ3) is 11.2. The van der Waals surface area contributed by atoms with E-state index in [0.29, 0.717) is 5.57 Å². The van der Waals surface area contributed by atoms with Gasteiger partial charge in [-0.05, 0) is 33.9 Å². The number of nitrogens with zero attached hydrogens (tertiary/aromatic N) is 1. The van der Waals surface area contributed by atoms with Crippen LogP contribution in [0.4, 0.5) is 0 Å². The number of hydrogen-bond acceptors (Lipinski definition) is 3. The molecule has 16 heavy (non-hydrogen) atoms. The second-order valence-electron chi connectivity index (χ2n) is 3.89. The summed E-state index contributed by atoms with van der Waals surface area (Å²) in [5.74, 6) is -0.316. The smallest absolute Gasteiger partial charge is 0.244 e. The van der Waals surface area contributed by atoms with Crippen LogP contribution in [0.3, 0.4) is 0 Å². The predicted octanol–water partition coefficient (Wildman–Crippen LogP) is 1.49. The Hall–Kier alpha value is -0.870. The molecule has 0 aliphatic heterocycles. The van der Waals surface area contributed by atoms with E-state index in [1.165, 1.54) is 0 Å². The maximum atomic E-state index is 10.4. The van der Waals surface area contributed by atoms with Crippen molar-refractivity contribution in [2.24, 2.45) is 5.73 Å². The van der Waals surface area contributed by atoms with Crippen LogP contribution in [0.15, 0.2) is 11.6 Å². The molecule has 0 radical (unpaired) electrons. The fourth-order valence-corrected chi connectivity index (χ4v) is 0.827. The molecule has 1 atom stereocenters. The number of primary amides is 1. The van der Waals surface area contributed by atoms with Crippen LogP contribution in [-0.2, 0) is 4.79 Å². The maximum Gasteiger partial charge on any atom is 0.244 e. The molecule has 3 N–H and O–H groups in total. The number of carbonyl (C=O) groups excluding carboxylic acids is 1. The molecule has 0 heterocycles. The van der Waals surface area contributed by atoms with Gasteiger partial charge in [-0.2, -0.15) is 0 Å². The van der Waals surface area contributed by atoms with Gasteiger partial charge in [-0.1, -0.05) is 26.3 Å². The van der Waals surface area contributed by atoms with E-state index in [9.17, 15) is 4.79 Å². The van der Waals surface area contributed by atoms with Crippen molar-refractivity contribution in [3.05, 3.63) is 11.6 Å². The van der Waals surface area contributed by atoms with Gasteiger partial charge >= 0.3 is 0 Å². The van der Waals surface area contributed by atoms with Crippen molar-refractivity contribution in [2.45, 2.75) is 46.3 Å². The van der Waals surface area contributed by atoms with Gasteiger partial charge in [0.2, 0.25) is 5.91 Å². The van der Waals surface area contributed by atoms with Crippen LogP contribution in [0.25, 0.3) is 0 Å². The van der Waals surface area contributed by atoms with Gasteiger partial charge in [0.05, 0.1) is 0 Å². The van der Waals surface area contributed by atoms with Crippen LogP contribution in [-0.4, -0.2) is 36.2 Å². The van der Waals surface area contributed by atoms with E-state index < -0.39 is 0 Å². The van der Waals surface area contributed by atoms with Crippen molar-refractivity contribution < 1.29 is 9.90 Å². The molecule has 4 heteroatoms. The number of nitrogens with two attached hydrogens (primary N) is 1. The van der Waals surface area contributed by atoms with Gasteiger partial charge in [-0.3, -0.25) is 9.69 Å². The molecule has 0 aromatic heterocycles. The molecule has 0 aromatic carbocycles. The van der Waals surface area contributed by atoms with Gasteiger partial charge in [-0.15, -0.1) is 0 Å². The van der Waals surface area contributed by atoms with Crippen LogP contribution in [0, 0.1) is 0 Å². The highest BCUT2D eigenvalue weighted by Gasteiger charge is 1.99. The molecule has 0 fully saturated rings. The molecule has 0 aromatic rings. The van der Waals surface area contributed by atoms with Crippen LogP contribution < -0.4 is 5.73 Å². The van der Waals surface area contributed by atoms with Crippen molar-refractivity contribution in [1.29, 1.82) is 0 Å². The number of amides is 1. The molecule has 0 aliphatic carbocycles. The van der Waals surface area contributed by atoms with E-state index in [1.807, 2.05) is 27.1 Å². The summed E-state index contributed by atoms with van der Waals surface area (Å²) in [7, 11) is 3.71. The minimum atomic E-state index is -0.316. The zero-order chi connectivity index (χ0) is 13.1. The number of unbranched alkanes of at least 4 members (excludes halogenated alkanes) is 1. The highest BCUT2D eigenvalue weighted by Crippen LogP contribution is 1.95. The summed E-state index contributed by atoms with van der Waals surface area (Å²) in [5, 5.41) is 8.86. The molecule has 0 aliphatic rings. The van der Waals surface area contributed by atoms with Crippen molar-refractivity contribution >= 4 is 5.91 Å². The summed E-state index contributed by atoms with van der Waals surface area (Å²) in [6, 6.07) is 0. The lowest BCUT2D eigenvalue weighted by Gasteiger charge is -2.15. The van der Waals surface area contributed by atoms with E-state index in [-0.39, 0.29) is 12.1 Å². The molecule has 1 unspecified atom stereocenters. The first-order valence-electron chi connectivity index (χ1n) is 5.67. The summed E-state index contributed by atoms with van der Waals surface area (Å²) >= 11 is 0. The number of rotatable bonds is 5. The average molecular weight is 230 g/mol. The number of carbonyl (C=O) groups is 1. The van der Waals surface area contributed by atoms with Gasteiger partial charge in [0.25, 0.3) is 0 Å². The third-order valence-electron chi connectivity index (χ3n) is 2.09. The molecule has 0 rings (SSSR count). The van der Waals surface area contributed by atoms with E-state index in [2.05, 4.69) is 6.92 Å². The molecule has 0 saturated heterocycles. The lowest BCUT2D eigenvalue weighted by Crippen LogP contribution is -2.26. The number of aliphatic hydroxyl groups is 1. The summed E-state index contributed by atoms with van der Waals surface area (Å²) in [6.07, 6.45) is 4.40. The van der Waals surface area contributed by atoms with E-state index in [4.69, 9.17) is 10.8 Å². The minimum Gasteiger partial charge on any atom is -0.378 e. The van der Waals surface area contributed by atoms with Gasteiger partial charge < -0.3 is 10.8 Å². The van der Waals surface area contributed by atoms with Crippen molar-refractivity contribution in [1.82, 2.24) is 4.90 Å². The first-order chi connectivity index (χ1) is 7.36. The van der Waals surface area contributed by atoms with Crippen molar-refractivity contribution in [3.8, 4) is 0 Å². The summed E-state index contributed by atoms with van der Waals surface area (Å²) in [6.45, 7) is 5.74. The molecular weight excluding hydrogens is 204 g/mol. The second kappa shape index (κ2) is 10.6. The Balaban J connectivity index is 0. The molecule has 96 valence electrons. The van der Waals surface area contributed by atoms with Crippen LogP contribution in [0.5, 0.6) is 0 Å². The highest BCUT2D eigenvalue weighted by molar-refractivity contribution is 5.91. The number of allylic oxidation sites excluding steroid dienone is 1. The van der Waals surface area contributed by atoms with Gasteiger partial charge in [0.1, 0.15) is 6.23 Å². The van der Waals surface area contributed by atoms with Crippen molar-refractivity contribution in [3.63, 3.8) is 0 Å². The molecular formula is C12H26N2O2. The highest BCUT2D eigenvalue weighted by atomic mass is 16.3. The molecule has 0 bridgehead atoms. The predicted molar refractivity (Wildman–Crippen MR) is 67.8 cm³/mol. The Morgan fingerprint density at radius 3 is 2.12 bits per heavy atom. The number of aliphatic hydroxyl groups excluding tert-OH is 1. The maximum absolute atomic E-state index is 10.4. The Labute approximate surface area is 99.1 Å². The van der Waals surface area contributed by atoms with Crippen LogP contribution in [0.2, 0.25) is 0 Å². The SMILES string of the molecule is CCC(O)N(C)C.CCCC=C(C)C(N)=O. The minimum absolute atomic E-state index is 0.264. The monoisotopic (exact) mass is 230 g/mol. The normalized spacial score (nSPS) is 13.1. The van der Waals surface area contributed by atoms with Crippen LogP contribution >= 0.6 is 0 Å². The number of hydrogen-bond donors (Lipinski definition) is 2. The Morgan fingerprint density at radius 1 is 1.44 bits per heavy atom. The van der Waals surface area contributed by atoms with E-state index in [1.54, 1.807) is 11.8 Å². The largest absolute Gasteiger partial charge is 0.378 e. The lowest BCUT2D eigenvalue weighted by molar-refractivity contribution is -0.114. The van der Waals surface area contributed by atoms with Gasteiger partial charge in [-0.25, -0.2) is 0 Å².